The van der Waals surface area contributed by atoms with Crippen LogP contribution in [0.1, 0.15) is 64.6 Å². The molecule has 1 aromatic heterocycles. The van der Waals surface area contributed by atoms with E-state index in [1.54, 1.807) is 0 Å². The predicted octanol–water partition coefficient (Wildman–Crippen LogP) is 3.61. The molecule has 2 N–H and O–H groups in total. The first kappa shape index (κ1) is 15.3. The van der Waals surface area contributed by atoms with Gasteiger partial charge < -0.3 is 10.6 Å². The monoisotopic (exact) mass is 275 g/mol. The number of pyridine rings is 1. The van der Waals surface area contributed by atoms with E-state index in [0.29, 0.717) is 12.6 Å². The molecule has 0 spiro atoms. The van der Waals surface area contributed by atoms with Crippen LogP contribution >= 0.6 is 0 Å². The van der Waals surface area contributed by atoms with Crippen molar-refractivity contribution in [3.8, 4) is 0 Å². The Hall–Kier alpha value is -1.09. The first-order valence-corrected chi connectivity index (χ1v) is 7.90. The van der Waals surface area contributed by atoms with Crippen molar-refractivity contribution in [2.45, 2.75) is 71.4 Å². The zero-order valence-electron chi connectivity index (χ0n) is 13.4. The molecule has 1 atom stereocenters. The lowest BCUT2D eigenvalue weighted by atomic mass is 9.90. The fourth-order valence-corrected chi connectivity index (χ4v) is 2.84. The van der Waals surface area contributed by atoms with Crippen molar-refractivity contribution in [1.29, 1.82) is 0 Å². The van der Waals surface area contributed by atoms with Crippen LogP contribution in [0.5, 0.6) is 0 Å². The first-order valence-electron chi connectivity index (χ1n) is 7.90. The second-order valence-corrected chi connectivity index (χ2v) is 7.06. The quantitative estimate of drug-likeness (QED) is 0.896. The van der Waals surface area contributed by atoms with E-state index in [0.717, 1.165) is 18.1 Å². The molecule has 1 unspecified atom stereocenters. The van der Waals surface area contributed by atoms with Gasteiger partial charge >= 0.3 is 0 Å². The molecule has 1 saturated heterocycles. The van der Waals surface area contributed by atoms with Gasteiger partial charge in [-0.25, -0.2) is 4.98 Å². The molecule has 112 valence electrons. The SMILES string of the molecule is CC1CCCCCN1c1cc(CN)cc(C(C)(C)C)n1. The van der Waals surface area contributed by atoms with Crippen LogP contribution in [-0.4, -0.2) is 17.6 Å². The number of hydrogen-bond donors (Lipinski definition) is 1. The van der Waals surface area contributed by atoms with Gasteiger partial charge in [0.15, 0.2) is 0 Å². The molecular formula is C17H29N3. The number of anilines is 1. The van der Waals surface area contributed by atoms with E-state index in [-0.39, 0.29) is 5.41 Å². The Morgan fingerprint density at radius 3 is 2.65 bits per heavy atom. The zero-order valence-corrected chi connectivity index (χ0v) is 13.4. The van der Waals surface area contributed by atoms with E-state index >= 15 is 0 Å². The summed E-state index contributed by atoms with van der Waals surface area (Å²) in [6, 6.07) is 4.91. The normalized spacial score (nSPS) is 20.9. The van der Waals surface area contributed by atoms with Gasteiger partial charge in [-0.05, 0) is 37.5 Å². The smallest absolute Gasteiger partial charge is 0.129 e. The fourth-order valence-electron chi connectivity index (χ4n) is 2.84. The van der Waals surface area contributed by atoms with Gasteiger partial charge in [-0.3, -0.25) is 0 Å². The predicted molar refractivity (Wildman–Crippen MR) is 86.1 cm³/mol. The molecule has 0 saturated carbocycles. The van der Waals surface area contributed by atoms with Gasteiger partial charge in [-0.1, -0.05) is 33.6 Å². The second-order valence-electron chi connectivity index (χ2n) is 7.06. The Kier molecular flexibility index (Phi) is 4.69. The van der Waals surface area contributed by atoms with E-state index in [9.17, 15) is 0 Å². The van der Waals surface area contributed by atoms with Crippen LogP contribution in [0.25, 0.3) is 0 Å². The van der Waals surface area contributed by atoms with Crippen molar-refractivity contribution in [3.05, 3.63) is 23.4 Å². The van der Waals surface area contributed by atoms with Gasteiger partial charge in [-0.15, -0.1) is 0 Å². The van der Waals surface area contributed by atoms with Crippen LogP contribution in [0.4, 0.5) is 5.82 Å². The largest absolute Gasteiger partial charge is 0.354 e. The third-order valence-electron chi connectivity index (χ3n) is 4.22. The molecule has 1 aliphatic rings. The minimum absolute atomic E-state index is 0.0645. The topological polar surface area (TPSA) is 42.1 Å². The summed E-state index contributed by atoms with van der Waals surface area (Å²) in [5, 5.41) is 0. The summed E-state index contributed by atoms with van der Waals surface area (Å²) in [7, 11) is 0. The average Bonchev–Trinajstić information content (AvgIpc) is 2.62. The van der Waals surface area contributed by atoms with Crippen molar-refractivity contribution < 1.29 is 0 Å². The summed E-state index contributed by atoms with van der Waals surface area (Å²) in [5.74, 6) is 1.12. The van der Waals surface area contributed by atoms with E-state index in [1.807, 2.05) is 0 Å². The standard InChI is InChI=1S/C17H29N3/c1-13-8-6-5-7-9-20(13)16-11-14(12-18)10-15(19-16)17(2,3)4/h10-11,13H,5-9,12,18H2,1-4H3. The van der Waals surface area contributed by atoms with Crippen LogP contribution in [0.2, 0.25) is 0 Å². The summed E-state index contributed by atoms with van der Waals surface area (Å²) in [5.41, 5.74) is 8.28. The van der Waals surface area contributed by atoms with Crippen molar-refractivity contribution in [3.63, 3.8) is 0 Å². The van der Waals surface area contributed by atoms with Crippen molar-refractivity contribution in [1.82, 2.24) is 4.98 Å². The van der Waals surface area contributed by atoms with E-state index in [1.165, 1.54) is 31.2 Å². The molecule has 0 radical (unpaired) electrons. The third-order valence-corrected chi connectivity index (χ3v) is 4.22. The van der Waals surface area contributed by atoms with Gasteiger partial charge in [0.05, 0.1) is 0 Å². The maximum Gasteiger partial charge on any atom is 0.129 e. The van der Waals surface area contributed by atoms with Crippen LogP contribution in [-0.2, 0) is 12.0 Å². The molecule has 2 heterocycles. The van der Waals surface area contributed by atoms with Gasteiger partial charge in [0, 0.05) is 30.2 Å². The molecule has 20 heavy (non-hydrogen) atoms. The number of nitrogens with zero attached hydrogens (tertiary/aromatic N) is 2. The van der Waals surface area contributed by atoms with Crippen LogP contribution < -0.4 is 10.6 Å². The molecule has 1 aliphatic heterocycles. The van der Waals surface area contributed by atoms with Crippen LogP contribution in [0, 0.1) is 0 Å². The van der Waals surface area contributed by atoms with Gasteiger partial charge in [-0.2, -0.15) is 0 Å². The Balaban J connectivity index is 2.39. The van der Waals surface area contributed by atoms with E-state index in [2.05, 4.69) is 44.7 Å². The molecule has 1 fully saturated rings. The Morgan fingerprint density at radius 2 is 2.00 bits per heavy atom. The number of rotatable bonds is 2. The molecule has 1 aromatic rings. The second kappa shape index (κ2) is 6.13. The maximum absolute atomic E-state index is 5.88. The van der Waals surface area contributed by atoms with E-state index in [4.69, 9.17) is 10.7 Å². The Morgan fingerprint density at radius 1 is 1.25 bits per heavy atom. The van der Waals surface area contributed by atoms with E-state index < -0.39 is 0 Å². The Bertz CT molecular complexity index is 448. The number of hydrogen-bond acceptors (Lipinski definition) is 3. The lowest BCUT2D eigenvalue weighted by molar-refractivity contribution is 0.560. The van der Waals surface area contributed by atoms with Crippen molar-refractivity contribution in [2.24, 2.45) is 5.73 Å². The molecule has 0 aliphatic carbocycles. The van der Waals surface area contributed by atoms with Crippen LogP contribution in [0.15, 0.2) is 12.1 Å². The van der Waals surface area contributed by atoms with Crippen molar-refractivity contribution in [2.75, 3.05) is 11.4 Å². The molecular weight excluding hydrogens is 246 g/mol. The third kappa shape index (κ3) is 3.51. The average molecular weight is 275 g/mol. The zero-order chi connectivity index (χ0) is 14.8. The molecule has 0 aromatic carbocycles. The fraction of sp³-hybridized carbons (Fsp3) is 0.706. The Labute approximate surface area is 123 Å². The molecule has 3 nitrogen and oxygen atoms in total. The highest BCUT2D eigenvalue weighted by Crippen LogP contribution is 2.28. The molecule has 2 rings (SSSR count). The van der Waals surface area contributed by atoms with Crippen LogP contribution in [0.3, 0.4) is 0 Å². The highest BCUT2D eigenvalue weighted by molar-refractivity contribution is 5.45. The van der Waals surface area contributed by atoms with Gasteiger partial charge in [0.25, 0.3) is 0 Å². The highest BCUT2D eigenvalue weighted by Gasteiger charge is 2.22. The maximum atomic E-state index is 5.88. The lowest BCUT2D eigenvalue weighted by Gasteiger charge is -2.30. The minimum Gasteiger partial charge on any atom is -0.354 e. The van der Waals surface area contributed by atoms with Gasteiger partial charge in [0.1, 0.15) is 5.82 Å². The molecule has 3 heteroatoms. The summed E-state index contributed by atoms with van der Waals surface area (Å²) < 4.78 is 0. The minimum atomic E-state index is 0.0645. The summed E-state index contributed by atoms with van der Waals surface area (Å²) in [6.07, 6.45) is 5.20. The van der Waals surface area contributed by atoms with Crippen molar-refractivity contribution >= 4 is 5.82 Å². The highest BCUT2D eigenvalue weighted by atomic mass is 15.2. The molecule has 0 bridgehead atoms. The summed E-state index contributed by atoms with van der Waals surface area (Å²) >= 11 is 0. The first-order chi connectivity index (χ1) is 9.41. The number of aromatic nitrogens is 1. The number of nitrogens with two attached hydrogens (primary N) is 1. The summed E-state index contributed by atoms with van der Waals surface area (Å²) in [6.45, 7) is 10.7. The summed E-state index contributed by atoms with van der Waals surface area (Å²) in [4.78, 5) is 7.41. The van der Waals surface area contributed by atoms with Gasteiger partial charge in [0.2, 0.25) is 0 Å². The lowest BCUT2D eigenvalue weighted by Crippen LogP contribution is -2.34. The molecule has 0 amide bonds.